The number of hydrogen-bond acceptors (Lipinski definition) is 2. The topological polar surface area (TPSA) is 55.1 Å². The molecule has 0 unspecified atom stereocenters. The van der Waals surface area contributed by atoms with Crippen LogP contribution in [-0.2, 0) is 0 Å². The van der Waals surface area contributed by atoms with E-state index in [9.17, 15) is 4.79 Å². The van der Waals surface area contributed by atoms with Crippen molar-refractivity contribution in [3.05, 3.63) is 35.9 Å². The lowest BCUT2D eigenvalue weighted by molar-refractivity contribution is 0.0926. The van der Waals surface area contributed by atoms with Crippen molar-refractivity contribution >= 4 is 5.91 Å². The molecule has 0 aromatic heterocycles. The summed E-state index contributed by atoms with van der Waals surface area (Å²) in [5.41, 5.74) is 6.56. The fourth-order valence-electron chi connectivity index (χ4n) is 2.12. The Bertz CT molecular complexity index is 342. The van der Waals surface area contributed by atoms with Gasteiger partial charge < -0.3 is 11.1 Å². The molecule has 0 saturated heterocycles. The minimum absolute atomic E-state index is 0.0288. The fourth-order valence-corrected chi connectivity index (χ4v) is 2.12. The minimum Gasteiger partial charge on any atom is -0.349 e. The number of hydrogen-bond donors (Lipinski definition) is 2. The van der Waals surface area contributed by atoms with E-state index in [-0.39, 0.29) is 5.91 Å². The van der Waals surface area contributed by atoms with Crippen LogP contribution in [0.3, 0.4) is 0 Å². The molecule has 1 amide bonds. The third-order valence-corrected chi connectivity index (χ3v) is 3.14. The summed E-state index contributed by atoms with van der Waals surface area (Å²) >= 11 is 0. The molecule has 0 radical (unpaired) electrons. The van der Waals surface area contributed by atoms with E-state index >= 15 is 0 Å². The van der Waals surface area contributed by atoms with Crippen LogP contribution < -0.4 is 11.1 Å². The van der Waals surface area contributed by atoms with Crippen molar-refractivity contribution in [3.63, 3.8) is 0 Å². The van der Waals surface area contributed by atoms with E-state index in [4.69, 9.17) is 5.73 Å². The first-order valence-corrected chi connectivity index (χ1v) is 5.87. The summed E-state index contributed by atoms with van der Waals surface area (Å²) in [7, 11) is 0. The van der Waals surface area contributed by atoms with E-state index < -0.39 is 0 Å². The Morgan fingerprint density at radius 2 is 1.75 bits per heavy atom. The molecule has 0 spiro atoms. The fraction of sp³-hybridized carbons (Fsp3) is 0.462. The molecule has 1 aliphatic rings. The van der Waals surface area contributed by atoms with E-state index in [1.54, 1.807) is 0 Å². The standard InChI is InChI=1S/C13H18N2O/c14-11-6-8-12(9-7-11)15-13(16)10-4-2-1-3-5-10/h1-5,11-12H,6-9,14H2,(H,15,16). The molecule has 3 nitrogen and oxygen atoms in total. The Kier molecular flexibility index (Phi) is 3.57. The number of rotatable bonds is 2. The van der Waals surface area contributed by atoms with Crippen molar-refractivity contribution in [2.24, 2.45) is 5.73 Å². The van der Waals surface area contributed by atoms with Crippen molar-refractivity contribution < 1.29 is 4.79 Å². The molecule has 86 valence electrons. The predicted octanol–water partition coefficient (Wildman–Crippen LogP) is 1.69. The van der Waals surface area contributed by atoms with Gasteiger partial charge in [-0.1, -0.05) is 18.2 Å². The van der Waals surface area contributed by atoms with E-state index in [0.29, 0.717) is 12.1 Å². The Hall–Kier alpha value is -1.35. The lowest BCUT2D eigenvalue weighted by Gasteiger charge is -2.26. The van der Waals surface area contributed by atoms with E-state index in [2.05, 4.69) is 5.32 Å². The highest BCUT2D eigenvalue weighted by Gasteiger charge is 2.20. The van der Waals surface area contributed by atoms with Gasteiger partial charge in [0.15, 0.2) is 0 Å². The highest BCUT2D eigenvalue weighted by atomic mass is 16.1. The molecule has 3 heteroatoms. The summed E-state index contributed by atoms with van der Waals surface area (Å²) in [5, 5.41) is 3.06. The second-order valence-corrected chi connectivity index (χ2v) is 4.45. The summed E-state index contributed by atoms with van der Waals surface area (Å²) < 4.78 is 0. The van der Waals surface area contributed by atoms with Gasteiger partial charge in [-0.3, -0.25) is 4.79 Å². The van der Waals surface area contributed by atoms with Gasteiger partial charge >= 0.3 is 0 Å². The molecule has 2 rings (SSSR count). The van der Waals surface area contributed by atoms with Crippen molar-refractivity contribution in [2.75, 3.05) is 0 Å². The molecule has 0 heterocycles. The zero-order valence-electron chi connectivity index (χ0n) is 9.36. The minimum atomic E-state index is 0.0288. The maximum atomic E-state index is 11.9. The summed E-state index contributed by atoms with van der Waals surface area (Å²) in [4.78, 5) is 11.9. The van der Waals surface area contributed by atoms with Crippen LogP contribution in [0.4, 0.5) is 0 Å². The van der Waals surface area contributed by atoms with Crippen LogP contribution in [-0.4, -0.2) is 18.0 Å². The molecule has 0 bridgehead atoms. The number of carbonyl (C=O) groups excluding carboxylic acids is 1. The van der Waals surface area contributed by atoms with Gasteiger partial charge in [-0.05, 0) is 37.8 Å². The van der Waals surface area contributed by atoms with Crippen molar-refractivity contribution in [2.45, 2.75) is 37.8 Å². The highest BCUT2D eigenvalue weighted by Crippen LogP contribution is 2.17. The number of nitrogens with one attached hydrogen (secondary N) is 1. The summed E-state index contributed by atoms with van der Waals surface area (Å²) in [6.07, 6.45) is 4.03. The van der Waals surface area contributed by atoms with Crippen molar-refractivity contribution in [1.82, 2.24) is 5.32 Å². The summed E-state index contributed by atoms with van der Waals surface area (Å²) in [6.45, 7) is 0. The number of amides is 1. The maximum absolute atomic E-state index is 11.9. The number of nitrogens with two attached hydrogens (primary N) is 1. The smallest absolute Gasteiger partial charge is 0.251 e. The molecule has 1 aromatic carbocycles. The second kappa shape index (κ2) is 5.12. The molecule has 1 aliphatic carbocycles. The van der Waals surface area contributed by atoms with Crippen LogP contribution in [0.2, 0.25) is 0 Å². The molecule has 0 aliphatic heterocycles. The molecule has 0 atom stereocenters. The predicted molar refractivity (Wildman–Crippen MR) is 64.1 cm³/mol. The Morgan fingerprint density at radius 1 is 1.12 bits per heavy atom. The van der Waals surface area contributed by atoms with Gasteiger partial charge in [-0.2, -0.15) is 0 Å². The summed E-state index contributed by atoms with van der Waals surface area (Å²) in [6, 6.07) is 9.97. The van der Waals surface area contributed by atoms with Gasteiger partial charge in [-0.25, -0.2) is 0 Å². The van der Waals surface area contributed by atoms with E-state index in [0.717, 1.165) is 31.2 Å². The highest BCUT2D eigenvalue weighted by molar-refractivity contribution is 5.94. The molecule has 1 fully saturated rings. The zero-order valence-corrected chi connectivity index (χ0v) is 9.36. The molecular weight excluding hydrogens is 200 g/mol. The first-order valence-electron chi connectivity index (χ1n) is 5.87. The van der Waals surface area contributed by atoms with E-state index in [1.807, 2.05) is 30.3 Å². The Labute approximate surface area is 96.0 Å². The monoisotopic (exact) mass is 218 g/mol. The first-order chi connectivity index (χ1) is 7.75. The van der Waals surface area contributed by atoms with Crippen molar-refractivity contribution in [3.8, 4) is 0 Å². The van der Waals surface area contributed by atoms with Gasteiger partial charge in [0.05, 0.1) is 0 Å². The molecule has 3 N–H and O–H groups in total. The molecule has 1 aromatic rings. The molecule has 16 heavy (non-hydrogen) atoms. The third-order valence-electron chi connectivity index (χ3n) is 3.14. The summed E-state index contributed by atoms with van der Waals surface area (Å²) in [5.74, 6) is 0.0288. The largest absolute Gasteiger partial charge is 0.349 e. The average molecular weight is 218 g/mol. The number of carbonyl (C=O) groups is 1. The first kappa shape index (κ1) is 11.1. The Morgan fingerprint density at radius 3 is 2.38 bits per heavy atom. The normalized spacial score (nSPS) is 25.1. The number of benzene rings is 1. The van der Waals surface area contributed by atoms with Crippen LogP contribution in [0.25, 0.3) is 0 Å². The Balaban J connectivity index is 1.88. The molecular formula is C13H18N2O. The van der Waals surface area contributed by atoms with Crippen LogP contribution in [0.1, 0.15) is 36.0 Å². The zero-order chi connectivity index (χ0) is 11.4. The maximum Gasteiger partial charge on any atom is 0.251 e. The van der Waals surface area contributed by atoms with Crippen LogP contribution in [0.15, 0.2) is 30.3 Å². The van der Waals surface area contributed by atoms with Gasteiger partial charge in [0.2, 0.25) is 0 Å². The quantitative estimate of drug-likeness (QED) is 0.793. The molecule has 1 saturated carbocycles. The average Bonchev–Trinajstić information content (AvgIpc) is 2.33. The van der Waals surface area contributed by atoms with Gasteiger partial charge in [0.1, 0.15) is 0 Å². The SMILES string of the molecule is NC1CCC(NC(=O)c2ccccc2)CC1. The van der Waals surface area contributed by atoms with Crippen LogP contribution in [0.5, 0.6) is 0 Å². The van der Waals surface area contributed by atoms with Gasteiger partial charge in [0.25, 0.3) is 5.91 Å². The van der Waals surface area contributed by atoms with Crippen LogP contribution >= 0.6 is 0 Å². The van der Waals surface area contributed by atoms with E-state index in [1.165, 1.54) is 0 Å². The van der Waals surface area contributed by atoms with Gasteiger partial charge in [0, 0.05) is 17.6 Å². The van der Waals surface area contributed by atoms with Crippen molar-refractivity contribution in [1.29, 1.82) is 0 Å². The lowest BCUT2D eigenvalue weighted by atomic mass is 9.91. The second-order valence-electron chi connectivity index (χ2n) is 4.45. The third kappa shape index (κ3) is 2.83. The van der Waals surface area contributed by atoms with Crippen LogP contribution in [0, 0.1) is 0 Å². The lowest BCUT2D eigenvalue weighted by Crippen LogP contribution is -2.40. The van der Waals surface area contributed by atoms with Gasteiger partial charge in [-0.15, -0.1) is 0 Å².